The fraction of sp³-hybridized carbons (Fsp3) is 0.429. The second kappa shape index (κ2) is 9.71. The maximum atomic E-state index is 12.7. The van der Waals surface area contributed by atoms with E-state index in [1.807, 2.05) is 38.1 Å². The van der Waals surface area contributed by atoms with Crippen LogP contribution in [0.1, 0.15) is 23.5 Å². The molecular weight excluding hydrogens is 374 g/mol. The van der Waals surface area contributed by atoms with Gasteiger partial charge >= 0.3 is 0 Å². The summed E-state index contributed by atoms with van der Waals surface area (Å²) in [5.74, 6) is -0.270. The van der Waals surface area contributed by atoms with Crippen molar-refractivity contribution in [3.8, 4) is 11.1 Å². The number of amides is 2. The number of nitrogens with zero attached hydrogens (tertiary/aromatic N) is 2. The molecule has 1 fully saturated rings. The highest BCUT2D eigenvalue weighted by atomic mass is 32.1. The van der Waals surface area contributed by atoms with Gasteiger partial charge in [-0.05, 0) is 25.5 Å². The van der Waals surface area contributed by atoms with Crippen LogP contribution in [0.5, 0.6) is 0 Å². The summed E-state index contributed by atoms with van der Waals surface area (Å²) in [4.78, 5) is 29.5. The van der Waals surface area contributed by atoms with E-state index in [9.17, 15) is 9.59 Å². The third kappa shape index (κ3) is 4.72. The van der Waals surface area contributed by atoms with Crippen LogP contribution in [0, 0.1) is 0 Å². The SMILES string of the molecule is CCN(CC)C(=O)CNC(=O)c1cc(-c2ccccc2)c(N2CCOCC2)s1. The molecule has 1 N–H and O–H groups in total. The van der Waals surface area contributed by atoms with Crippen molar-refractivity contribution in [1.82, 2.24) is 10.2 Å². The molecule has 0 spiro atoms. The number of carbonyl (C=O) groups excluding carboxylic acids is 2. The Labute approximate surface area is 170 Å². The fourth-order valence-electron chi connectivity index (χ4n) is 3.25. The molecule has 0 aliphatic carbocycles. The summed E-state index contributed by atoms with van der Waals surface area (Å²) in [6.07, 6.45) is 0. The molecular formula is C21H27N3O3S. The van der Waals surface area contributed by atoms with Crippen LogP contribution in [0.4, 0.5) is 5.00 Å². The van der Waals surface area contributed by atoms with Gasteiger partial charge in [-0.25, -0.2) is 0 Å². The van der Waals surface area contributed by atoms with Gasteiger partial charge < -0.3 is 19.9 Å². The second-order valence-corrected chi connectivity index (χ2v) is 7.57. The molecule has 0 saturated carbocycles. The van der Waals surface area contributed by atoms with Gasteiger partial charge in [0.05, 0.1) is 29.6 Å². The van der Waals surface area contributed by atoms with Gasteiger partial charge in [-0.2, -0.15) is 0 Å². The third-order valence-corrected chi connectivity index (χ3v) is 6.03. The molecule has 6 nitrogen and oxygen atoms in total. The van der Waals surface area contributed by atoms with E-state index in [0.717, 1.165) is 29.2 Å². The Morgan fingerprint density at radius 3 is 2.46 bits per heavy atom. The van der Waals surface area contributed by atoms with E-state index in [-0.39, 0.29) is 18.4 Å². The van der Waals surface area contributed by atoms with Crippen molar-refractivity contribution in [2.45, 2.75) is 13.8 Å². The zero-order valence-electron chi connectivity index (χ0n) is 16.4. The Morgan fingerprint density at radius 1 is 1.14 bits per heavy atom. The highest BCUT2D eigenvalue weighted by molar-refractivity contribution is 7.18. The molecule has 7 heteroatoms. The first-order valence-corrected chi connectivity index (χ1v) is 10.5. The Morgan fingerprint density at radius 2 is 1.82 bits per heavy atom. The van der Waals surface area contributed by atoms with Gasteiger partial charge in [0.25, 0.3) is 5.91 Å². The molecule has 0 radical (unpaired) electrons. The molecule has 0 unspecified atom stereocenters. The van der Waals surface area contributed by atoms with Gasteiger partial charge in [-0.3, -0.25) is 9.59 Å². The summed E-state index contributed by atoms with van der Waals surface area (Å²) in [6, 6.07) is 12.0. The minimum absolute atomic E-state index is 0.0198. The Hall–Kier alpha value is -2.38. The number of anilines is 1. The van der Waals surface area contributed by atoms with Gasteiger partial charge in [0.1, 0.15) is 0 Å². The number of likely N-dealkylation sites (N-methyl/N-ethyl adjacent to an activating group) is 1. The summed E-state index contributed by atoms with van der Waals surface area (Å²) >= 11 is 1.47. The number of morpholine rings is 1. The normalized spacial score (nSPS) is 14.0. The molecule has 1 aliphatic rings. The maximum Gasteiger partial charge on any atom is 0.261 e. The van der Waals surface area contributed by atoms with Crippen molar-refractivity contribution in [2.24, 2.45) is 0 Å². The summed E-state index contributed by atoms with van der Waals surface area (Å²) in [5.41, 5.74) is 2.13. The summed E-state index contributed by atoms with van der Waals surface area (Å²) < 4.78 is 5.47. The minimum atomic E-state index is -0.206. The lowest BCUT2D eigenvalue weighted by Crippen LogP contribution is -2.39. The van der Waals surface area contributed by atoms with E-state index in [4.69, 9.17) is 4.74 Å². The van der Waals surface area contributed by atoms with Gasteiger partial charge in [-0.1, -0.05) is 30.3 Å². The number of nitrogens with one attached hydrogen (secondary N) is 1. The van der Waals surface area contributed by atoms with Crippen LogP contribution in [0.25, 0.3) is 11.1 Å². The van der Waals surface area contributed by atoms with Crippen LogP contribution < -0.4 is 10.2 Å². The Bertz CT molecular complexity index is 796. The molecule has 1 aliphatic heterocycles. The quantitative estimate of drug-likeness (QED) is 0.775. The number of carbonyl (C=O) groups is 2. The Kier molecular flexibility index (Phi) is 7.06. The van der Waals surface area contributed by atoms with Crippen molar-refractivity contribution < 1.29 is 14.3 Å². The smallest absolute Gasteiger partial charge is 0.261 e. The van der Waals surface area contributed by atoms with Gasteiger partial charge in [0.15, 0.2) is 0 Å². The van der Waals surface area contributed by atoms with Gasteiger partial charge in [0.2, 0.25) is 5.91 Å². The lowest BCUT2D eigenvalue weighted by atomic mass is 10.1. The molecule has 3 rings (SSSR count). The highest BCUT2D eigenvalue weighted by Gasteiger charge is 2.22. The average Bonchev–Trinajstić information content (AvgIpc) is 3.20. The molecule has 2 aromatic rings. The molecule has 28 heavy (non-hydrogen) atoms. The molecule has 150 valence electrons. The van der Waals surface area contributed by atoms with E-state index >= 15 is 0 Å². The van der Waals surface area contributed by atoms with Crippen molar-refractivity contribution in [3.63, 3.8) is 0 Å². The fourth-order valence-corrected chi connectivity index (χ4v) is 4.40. The molecule has 2 amide bonds. The summed E-state index contributed by atoms with van der Waals surface area (Å²) in [5, 5.41) is 3.86. The average molecular weight is 402 g/mol. The largest absolute Gasteiger partial charge is 0.378 e. The second-order valence-electron chi connectivity index (χ2n) is 6.54. The summed E-state index contributed by atoms with van der Waals surface area (Å²) in [7, 11) is 0. The van der Waals surface area contributed by atoms with Gasteiger partial charge in [-0.15, -0.1) is 11.3 Å². The monoisotopic (exact) mass is 401 g/mol. The minimum Gasteiger partial charge on any atom is -0.378 e. The molecule has 0 atom stereocenters. The van der Waals surface area contributed by atoms with Crippen molar-refractivity contribution in [3.05, 3.63) is 41.3 Å². The van der Waals surface area contributed by atoms with Crippen LogP contribution in [0.2, 0.25) is 0 Å². The topological polar surface area (TPSA) is 61.9 Å². The lowest BCUT2D eigenvalue weighted by Gasteiger charge is -2.28. The van der Waals surface area contributed by atoms with Crippen LogP contribution in [-0.4, -0.2) is 62.7 Å². The van der Waals surface area contributed by atoms with Gasteiger partial charge in [0, 0.05) is 31.7 Å². The van der Waals surface area contributed by atoms with E-state index in [0.29, 0.717) is 31.2 Å². The zero-order chi connectivity index (χ0) is 19.9. The van der Waals surface area contributed by atoms with Crippen LogP contribution in [-0.2, 0) is 9.53 Å². The predicted molar refractivity (Wildman–Crippen MR) is 113 cm³/mol. The molecule has 2 heterocycles. The molecule has 1 saturated heterocycles. The van der Waals surface area contributed by atoms with E-state index in [1.165, 1.54) is 11.3 Å². The number of ether oxygens (including phenoxy) is 1. The molecule has 0 bridgehead atoms. The number of rotatable bonds is 7. The highest BCUT2D eigenvalue weighted by Crippen LogP contribution is 2.39. The van der Waals surface area contributed by atoms with Crippen molar-refractivity contribution in [1.29, 1.82) is 0 Å². The standard InChI is InChI=1S/C21H27N3O3S/c1-3-23(4-2)19(25)15-22-20(26)18-14-17(16-8-6-5-7-9-16)21(28-18)24-10-12-27-13-11-24/h5-9,14H,3-4,10-13,15H2,1-2H3,(H,22,26). The Balaban J connectivity index is 1.80. The molecule has 1 aromatic heterocycles. The maximum absolute atomic E-state index is 12.7. The van der Waals surface area contributed by atoms with Crippen LogP contribution in [0.15, 0.2) is 36.4 Å². The number of hydrogen-bond donors (Lipinski definition) is 1. The van der Waals surface area contributed by atoms with Crippen molar-refractivity contribution >= 4 is 28.2 Å². The molecule has 1 aromatic carbocycles. The number of hydrogen-bond acceptors (Lipinski definition) is 5. The van der Waals surface area contributed by atoms with Crippen LogP contribution in [0.3, 0.4) is 0 Å². The third-order valence-electron chi connectivity index (χ3n) is 4.84. The first-order valence-electron chi connectivity index (χ1n) is 9.72. The summed E-state index contributed by atoms with van der Waals surface area (Å²) in [6.45, 7) is 8.16. The lowest BCUT2D eigenvalue weighted by molar-refractivity contribution is -0.129. The van der Waals surface area contributed by atoms with E-state index in [2.05, 4.69) is 22.3 Å². The number of benzene rings is 1. The van der Waals surface area contributed by atoms with Crippen molar-refractivity contribution in [2.75, 3.05) is 50.8 Å². The van der Waals surface area contributed by atoms with E-state index in [1.54, 1.807) is 4.90 Å². The van der Waals surface area contributed by atoms with Crippen LogP contribution >= 0.6 is 11.3 Å². The first-order chi connectivity index (χ1) is 13.6. The predicted octanol–water partition coefficient (Wildman–Crippen LogP) is 2.85. The first kappa shape index (κ1) is 20.4. The number of thiophene rings is 1. The van der Waals surface area contributed by atoms with E-state index < -0.39 is 0 Å². The zero-order valence-corrected chi connectivity index (χ0v) is 17.3.